The molecule has 0 fully saturated rings. The van der Waals surface area contributed by atoms with Crippen molar-refractivity contribution in [2.45, 2.75) is 77.0 Å². The van der Waals surface area contributed by atoms with Crippen molar-refractivity contribution >= 4 is 11.9 Å². The van der Waals surface area contributed by atoms with E-state index in [-0.39, 0.29) is 23.9 Å². The zero-order valence-corrected chi connectivity index (χ0v) is 17.0. The van der Waals surface area contributed by atoms with Crippen LogP contribution in [0.2, 0.25) is 0 Å². The van der Waals surface area contributed by atoms with Crippen LogP contribution < -0.4 is 0 Å². The number of carboxylic acids is 1. The molecule has 0 bridgehead atoms. The lowest BCUT2D eigenvalue weighted by atomic mass is 9.75. The van der Waals surface area contributed by atoms with E-state index in [0.717, 1.165) is 0 Å². The van der Waals surface area contributed by atoms with Gasteiger partial charge in [0.2, 0.25) is 0 Å². The number of aromatic hydroxyl groups is 2. The molecule has 1 aromatic carbocycles. The van der Waals surface area contributed by atoms with Crippen molar-refractivity contribution in [1.82, 2.24) is 0 Å². The van der Waals surface area contributed by atoms with Crippen molar-refractivity contribution in [3.63, 3.8) is 0 Å². The number of hydrogen-bond acceptors (Lipinski definition) is 5. The number of esters is 1. The molecule has 0 aliphatic carbocycles. The van der Waals surface area contributed by atoms with Crippen molar-refractivity contribution in [2.24, 2.45) is 0 Å². The zero-order valence-electron chi connectivity index (χ0n) is 17.0. The minimum absolute atomic E-state index is 0.0709. The summed E-state index contributed by atoms with van der Waals surface area (Å²) in [7, 11) is 1.36. The van der Waals surface area contributed by atoms with Crippen molar-refractivity contribution in [3.05, 3.63) is 23.3 Å². The van der Waals surface area contributed by atoms with Gasteiger partial charge < -0.3 is 20.1 Å². The van der Waals surface area contributed by atoms with Crippen LogP contribution in [-0.2, 0) is 25.2 Å². The van der Waals surface area contributed by atoms with Crippen molar-refractivity contribution in [2.75, 3.05) is 7.11 Å². The van der Waals surface area contributed by atoms with Crippen LogP contribution in [-0.4, -0.2) is 34.4 Å². The van der Waals surface area contributed by atoms with Gasteiger partial charge in [-0.15, -0.1) is 0 Å². The van der Waals surface area contributed by atoms with Crippen LogP contribution in [0.15, 0.2) is 12.1 Å². The van der Waals surface area contributed by atoms with Gasteiger partial charge in [-0.25, -0.2) is 0 Å². The van der Waals surface area contributed by atoms with E-state index in [1.54, 1.807) is 12.1 Å². The second kappa shape index (κ2) is 9.11. The number of phenolic OH excluding ortho intramolecular Hbond substituents is 2. The number of ether oxygens (including phenoxy) is 1. The van der Waals surface area contributed by atoms with Gasteiger partial charge in [-0.05, 0) is 48.6 Å². The summed E-state index contributed by atoms with van der Waals surface area (Å²) in [6.07, 6.45) is 2.71. The molecule has 6 nitrogen and oxygen atoms in total. The summed E-state index contributed by atoms with van der Waals surface area (Å²) in [5, 5.41) is 30.0. The summed E-state index contributed by atoms with van der Waals surface area (Å²) in [5.74, 6) is -0.931. The highest BCUT2D eigenvalue weighted by molar-refractivity contribution is 5.69. The third-order valence-electron chi connectivity index (χ3n) is 5.18. The molecular weight excluding hydrogens is 348 g/mol. The number of benzene rings is 1. The van der Waals surface area contributed by atoms with Crippen LogP contribution in [0.3, 0.4) is 0 Å². The number of aliphatic carboxylic acids is 1. The van der Waals surface area contributed by atoms with Crippen LogP contribution in [0.5, 0.6) is 11.5 Å². The van der Waals surface area contributed by atoms with E-state index in [4.69, 9.17) is 5.11 Å². The number of carbonyl (C=O) groups excluding carboxylic acids is 1. The number of methoxy groups -OCH3 is 1. The topological polar surface area (TPSA) is 104 Å². The molecule has 152 valence electrons. The summed E-state index contributed by atoms with van der Waals surface area (Å²) in [6.45, 7) is 7.75. The highest BCUT2D eigenvalue weighted by Gasteiger charge is 2.30. The maximum Gasteiger partial charge on any atom is 0.305 e. The molecule has 27 heavy (non-hydrogen) atoms. The largest absolute Gasteiger partial charge is 0.508 e. The molecule has 0 heterocycles. The molecule has 0 amide bonds. The number of carbonyl (C=O) groups is 2. The normalized spacial score (nSPS) is 12.0. The lowest BCUT2D eigenvalue weighted by molar-refractivity contribution is -0.141. The van der Waals surface area contributed by atoms with Crippen LogP contribution >= 0.6 is 0 Å². The maximum absolute atomic E-state index is 11.3. The number of carboxylic acid groups (broad SMARTS) is 1. The molecule has 3 N–H and O–H groups in total. The highest BCUT2D eigenvalue weighted by Crippen LogP contribution is 2.43. The molecule has 0 saturated carbocycles. The Morgan fingerprint density at radius 2 is 1.30 bits per heavy atom. The van der Waals surface area contributed by atoms with Gasteiger partial charge in [0.05, 0.1) is 7.11 Å². The zero-order chi connectivity index (χ0) is 20.8. The van der Waals surface area contributed by atoms with Crippen molar-refractivity contribution in [1.29, 1.82) is 0 Å². The van der Waals surface area contributed by atoms with Gasteiger partial charge in [0, 0.05) is 24.0 Å². The first kappa shape index (κ1) is 22.8. The van der Waals surface area contributed by atoms with Crippen LogP contribution in [0, 0.1) is 0 Å². The van der Waals surface area contributed by atoms with Crippen molar-refractivity contribution < 1.29 is 29.6 Å². The Balaban J connectivity index is 2.99. The van der Waals surface area contributed by atoms with Crippen LogP contribution in [0.1, 0.15) is 77.3 Å². The van der Waals surface area contributed by atoms with Crippen LogP contribution in [0.4, 0.5) is 0 Å². The first-order valence-corrected chi connectivity index (χ1v) is 9.26. The third-order valence-corrected chi connectivity index (χ3v) is 5.18. The Hall–Kier alpha value is -2.24. The molecule has 0 unspecified atom stereocenters. The second-order valence-electron chi connectivity index (χ2n) is 8.33. The van der Waals surface area contributed by atoms with E-state index >= 15 is 0 Å². The van der Waals surface area contributed by atoms with E-state index in [1.807, 2.05) is 27.7 Å². The van der Waals surface area contributed by atoms with Gasteiger partial charge in [-0.1, -0.05) is 27.7 Å². The van der Waals surface area contributed by atoms with E-state index in [0.29, 0.717) is 43.2 Å². The molecule has 0 atom stereocenters. The third kappa shape index (κ3) is 6.45. The summed E-state index contributed by atoms with van der Waals surface area (Å²) in [5.41, 5.74) is 0.320. The summed E-state index contributed by atoms with van der Waals surface area (Å²) in [4.78, 5) is 22.0. The average Bonchev–Trinajstić information content (AvgIpc) is 2.55. The SMILES string of the molecule is COC(=O)CCCC(C)(C)c1cc(O)c(C(C)(C)CCCC(=O)O)cc1O. The second-order valence-corrected chi connectivity index (χ2v) is 8.33. The summed E-state index contributed by atoms with van der Waals surface area (Å²) >= 11 is 0. The predicted molar refractivity (Wildman–Crippen MR) is 103 cm³/mol. The smallest absolute Gasteiger partial charge is 0.305 e. The number of hydrogen-bond donors (Lipinski definition) is 3. The fourth-order valence-corrected chi connectivity index (χ4v) is 3.39. The standard InChI is InChI=1S/C21H32O6/c1-20(2,10-6-8-18(24)25)14-12-17(23)15(13-16(14)22)21(3,4)11-7-9-19(26)27-5/h12-13,22-23H,6-11H2,1-5H3,(H,24,25). The monoisotopic (exact) mass is 380 g/mol. The molecule has 1 aromatic rings. The lowest BCUT2D eigenvalue weighted by Gasteiger charge is -2.30. The van der Waals surface area contributed by atoms with Crippen LogP contribution in [0.25, 0.3) is 0 Å². The highest BCUT2D eigenvalue weighted by atomic mass is 16.5. The van der Waals surface area contributed by atoms with E-state index in [1.165, 1.54) is 7.11 Å². The lowest BCUT2D eigenvalue weighted by Crippen LogP contribution is -2.21. The molecule has 0 saturated heterocycles. The van der Waals surface area contributed by atoms with Gasteiger partial charge in [-0.3, -0.25) is 9.59 Å². The first-order chi connectivity index (χ1) is 12.4. The van der Waals surface area contributed by atoms with Gasteiger partial charge in [0.15, 0.2) is 0 Å². The Labute approximate surface area is 161 Å². The van der Waals surface area contributed by atoms with Crippen molar-refractivity contribution in [3.8, 4) is 11.5 Å². The summed E-state index contributed by atoms with van der Waals surface area (Å²) in [6, 6.07) is 3.16. The van der Waals surface area contributed by atoms with E-state index < -0.39 is 16.8 Å². The Morgan fingerprint density at radius 1 is 0.889 bits per heavy atom. The fraction of sp³-hybridized carbons (Fsp3) is 0.619. The Bertz CT molecular complexity index is 675. The number of rotatable bonds is 10. The van der Waals surface area contributed by atoms with Gasteiger partial charge in [-0.2, -0.15) is 0 Å². The first-order valence-electron chi connectivity index (χ1n) is 9.26. The predicted octanol–water partition coefficient (Wildman–Crippen LogP) is 4.25. The minimum atomic E-state index is -0.845. The molecule has 0 spiro atoms. The van der Waals surface area contributed by atoms with E-state index in [9.17, 15) is 19.8 Å². The van der Waals surface area contributed by atoms with Gasteiger partial charge in [0.25, 0.3) is 0 Å². The molecule has 6 heteroatoms. The molecular formula is C21H32O6. The fourth-order valence-electron chi connectivity index (χ4n) is 3.39. The molecule has 0 radical (unpaired) electrons. The average molecular weight is 380 g/mol. The molecule has 0 aliphatic heterocycles. The van der Waals surface area contributed by atoms with Gasteiger partial charge >= 0.3 is 11.9 Å². The molecule has 0 aromatic heterocycles. The molecule has 0 aliphatic rings. The maximum atomic E-state index is 11.3. The molecule has 1 rings (SSSR count). The van der Waals surface area contributed by atoms with E-state index in [2.05, 4.69) is 4.74 Å². The quantitative estimate of drug-likeness (QED) is 0.414. The van der Waals surface area contributed by atoms with Gasteiger partial charge in [0.1, 0.15) is 11.5 Å². The summed E-state index contributed by atoms with van der Waals surface area (Å²) < 4.78 is 4.65. The minimum Gasteiger partial charge on any atom is -0.508 e. The Kier molecular flexibility index (Phi) is 7.69. The Morgan fingerprint density at radius 3 is 1.67 bits per heavy atom. The number of phenols is 2.